The summed E-state index contributed by atoms with van der Waals surface area (Å²) in [7, 11) is 1.91. The molecule has 1 amide bonds. The number of ether oxygens (including phenoxy) is 1. The fourth-order valence-electron chi connectivity index (χ4n) is 3.27. The van der Waals surface area contributed by atoms with Gasteiger partial charge in [0.05, 0.1) is 0 Å². The second kappa shape index (κ2) is 9.11. The van der Waals surface area contributed by atoms with Crippen LogP contribution in [0.25, 0.3) is 0 Å². The van der Waals surface area contributed by atoms with Crippen molar-refractivity contribution in [3.63, 3.8) is 0 Å². The number of benzene rings is 1. The molecule has 1 unspecified atom stereocenters. The highest BCUT2D eigenvalue weighted by Crippen LogP contribution is 2.24. The quantitative estimate of drug-likeness (QED) is 0.687. The fourth-order valence-corrected chi connectivity index (χ4v) is 3.27. The molecule has 154 valence electrons. The fraction of sp³-hybridized carbons (Fsp3) is 0.300. The van der Waals surface area contributed by atoms with Gasteiger partial charge in [0.25, 0.3) is 5.91 Å². The zero-order chi connectivity index (χ0) is 19.5. The molecule has 1 atom stereocenters. The van der Waals surface area contributed by atoms with Crippen LogP contribution in [-0.2, 0) is 13.7 Å². The molecule has 0 spiro atoms. The van der Waals surface area contributed by atoms with Crippen LogP contribution in [0.3, 0.4) is 0 Å². The third-order valence-electron chi connectivity index (χ3n) is 4.73. The first-order chi connectivity index (χ1) is 13.6. The van der Waals surface area contributed by atoms with Crippen LogP contribution in [0.2, 0.25) is 0 Å². The van der Waals surface area contributed by atoms with Gasteiger partial charge in [0.1, 0.15) is 35.8 Å². The van der Waals surface area contributed by atoms with Crippen molar-refractivity contribution in [2.45, 2.75) is 12.6 Å². The van der Waals surface area contributed by atoms with Crippen molar-refractivity contribution < 1.29 is 18.3 Å². The molecular formula is C20H22ClFN4O3. The average molecular weight is 421 g/mol. The molecule has 1 aromatic carbocycles. The second-order valence-electron chi connectivity index (χ2n) is 6.62. The molecule has 2 aromatic heterocycles. The maximum absolute atomic E-state index is 13.0. The first kappa shape index (κ1) is 20.9. The molecule has 0 radical (unpaired) electrons. The van der Waals surface area contributed by atoms with E-state index in [4.69, 9.17) is 9.15 Å². The molecule has 1 aliphatic rings. The van der Waals surface area contributed by atoms with Crippen LogP contribution in [0, 0.1) is 5.82 Å². The van der Waals surface area contributed by atoms with Crippen molar-refractivity contribution in [2.75, 3.05) is 19.6 Å². The lowest BCUT2D eigenvalue weighted by Crippen LogP contribution is -2.49. The van der Waals surface area contributed by atoms with Gasteiger partial charge in [0, 0.05) is 39.1 Å². The molecule has 3 aromatic rings. The highest BCUT2D eigenvalue weighted by molar-refractivity contribution is 5.92. The largest absolute Gasteiger partial charge is 0.486 e. The minimum atomic E-state index is -0.323. The SMILES string of the molecule is Cl.Cn1ccnc1C1CNCCN1C(=O)c1ccc(COc2ccc(F)cc2)o1. The number of imidazole rings is 1. The van der Waals surface area contributed by atoms with Crippen molar-refractivity contribution in [3.8, 4) is 5.75 Å². The van der Waals surface area contributed by atoms with E-state index in [0.717, 1.165) is 5.82 Å². The number of carbonyl (C=O) groups is 1. The molecule has 9 heteroatoms. The predicted molar refractivity (Wildman–Crippen MR) is 107 cm³/mol. The van der Waals surface area contributed by atoms with Crippen LogP contribution in [0.15, 0.2) is 53.2 Å². The Bertz CT molecular complexity index is 957. The number of furan rings is 1. The summed E-state index contributed by atoms with van der Waals surface area (Å²) in [6.07, 6.45) is 3.59. The summed E-state index contributed by atoms with van der Waals surface area (Å²) in [6, 6.07) is 8.96. The Morgan fingerprint density at radius 2 is 2.10 bits per heavy atom. The summed E-state index contributed by atoms with van der Waals surface area (Å²) in [4.78, 5) is 19.2. The maximum atomic E-state index is 13.0. The zero-order valence-electron chi connectivity index (χ0n) is 15.9. The van der Waals surface area contributed by atoms with Crippen LogP contribution in [-0.4, -0.2) is 40.0 Å². The van der Waals surface area contributed by atoms with E-state index in [1.165, 1.54) is 12.1 Å². The van der Waals surface area contributed by atoms with Gasteiger partial charge in [0.2, 0.25) is 0 Å². The van der Waals surface area contributed by atoms with Crippen LogP contribution in [0.4, 0.5) is 4.39 Å². The van der Waals surface area contributed by atoms with Gasteiger partial charge in [-0.3, -0.25) is 4.79 Å². The standard InChI is InChI=1S/C20H21FN4O3.ClH/c1-24-10-9-23-19(24)17-12-22-8-11-25(17)20(26)18-7-6-16(28-18)13-27-15-4-2-14(21)3-5-15;/h2-7,9-10,17,22H,8,11-13H2,1H3;1H. The number of carbonyl (C=O) groups excluding carboxylic acids is 1. The number of amides is 1. The Balaban J connectivity index is 0.00000240. The normalized spacial score (nSPS) is 16.3. The summed E-state index contributed by atoms with van der Waals surface area (Å²) in [5.41, 5.74) is 0. The molecule has 3 heterocycles. The molecule has 0 bridgehead atoms. The highest BCUT2D eigenvalue weighted by Gasteiger charge is 2.32. The lowest BCUT2D eigenvalue weighted by molar-refractivity contribution is 0.0584. The van der Waals surface area contributed by atoms with Crippen LogP contribution in [0.5, 0.6) is 5.75 Å². The number of hydrogen-bond donors (Lipinski definition) is 1. The van der Waals surface area contributed by atoms with E-state index in [1.807, 2.05) is 17.8 Å². The van der Waals surface area contributed by atoms with Gasteiger partial charge in [-0.05, 0) is 36.4 Å². The number of hydrogen-bond acceptors (Lipinski definition) is 5. The Morgan fingerprint density at radius 3 is 2.83 bits per heavy atom. The van der Waals surface area contributed by atoms with Crippen LogP contribution >= 0.6 is 12.4 Å². The van der Waals surface area contributed by atoms with E-state index in [2.05, 4.69) is 10.3 Å². The van der Waals surface area contributed by atoms with Crippen molar-refractivity contribution in [3.05, 3.63) is 72.0 Å². The Kier molecular flexibility index (Phi) is 6.56. The Labute approximate surface area is 173 Å². The van der Waals surface area contributed by atoms with Crippen LogP contribution in [0.1, 0.15) is 28.2 Å². The van der Waals surface area contributed by atoms with Crippen molar-refractivity contribution in [1.29, 1.82) is 0 Å². The van der Waals surface area contributed by atoms with Gasteiger partial charge in [-0.25, -0.2) is 9.37 Å². The van der Waals surface area contributed by atoms with Gasteiger partial charge >= 0.3 is 0 Å². The van der Waals surface area contributed by atoms with Crippen molar-refractivity contribution in [1.82, 2.24) is 19.8 Å². The molecule has 4 rings (SSSR count). The summed E-state index contributed by atoms with van der Waals surface area (Å²) in [6.45, 7) is 2.08. The van der Waals surface area contributed by atoms with Gasteiger partial charge in [-0.15, -0.1) is 12.4 Å². The Morgan fingerprint density at radius 1 is 1.31 bits per heavy atom. The first-order valence-corrected chi connectivity index (χ1v) is 9.08. The average Bonchev–Trinajstić information content (AvgIpc) is 3.36. The van der Waals surface area contributed by atoms with E-state index in [1.54, 1.807) is 35.4 Å². The van der Waals surface area contributed by atoms with Gasteiger partial charge in [-0.2, -0.15) is 0 Å². The molecule has 0 aliphatic carbocycles. The van der Waals surface area contributed by atoms with Gasteiger partial charge in [-0.1, -0.05) is 0 Å². The molecular weight excluding hydrogens is 399 g/mol. The van der Waals surface area contributed by atoms with Crippen molar-refractivity contribution >= 4 is 18.3 Å². The molecule has 1 fully saturated rings. The number of aryl methyl sites for hydroxylation is 1. The molecule has 7 nitrogen and oxygen atoms in total. The second-order valence-corrected chi connectivity index (χ2v) is 6.62. The monoisotopic (exact) mass is 420 g/mol. The maximum Gasteiger partial charge on any atom is 0.290 e. The number of rotatable bonds is 5. The summed E-state index contributed by atoms with van der Waals surface area (Å²) in [5, 5.41) is 3.31. The number of nitrogens with one attached hydrogen (secondary N) is 1. The van der Waals surface area contributed by atoms with E-state index in [9.17, 15) is 9.18 Å². The predicted octanol–water partition coefficient (Wildman–Crippen LogP) is 2.94. The zero-order valence-corrected chi connectivity index (χ0v) is 16.7. The van der Waals surface area contributed by atoms with Crippen LogP contribution < -0.4 is 10.1 Å². The lowest BCUT2D eigenvalue weighted by atomic mass is 10.1. The number of piperazine rings is 1. The third kappa shape index (κ3) is 4.60. The number of aromatic nitrogens is 2. The van der Waals surface area contributed by atoms with Gasteiger partial charge in [0.15, 0.2) is 5.76 Å². The minimum absolute atomic E-state index is 0. The van der Waals surface area contributed by atoms with Gasteiger partial charge < -0.3 is 23.9 Å². The summed E-state index contributed by atoms with van der Waals surface area (Å²) >= 11 is 0. The molecule has 1 N–H and O–H groups in total. The summed E-state index contributed by atoms with van der Waals surface area (Å²) in [5.74, 6) is 1.64. The third-order valence-corrected chi connectivity index (χ3v) is 4.73. The van der Waals surface area contributed by atoms with E-state index in [-0.39, 0.29) is 42.5 Å². The van der Waals surface area contributed by atoms with E-state index < -0.39 is 0 Å². The first-order valence-electron chi connectivity index (χ1n) is 9.08. The van der Waals surface area contributed by atoms with E-state index >= 15 is 0 Å². The molecule has 1 saturated heterocycles. The highest BCUT2D eigenvalue weighted by atomic mass is 35.5. The number of nitrogens with zero attached hydrogens (tertiary/aromatic N) is 3. The van der Waals surface area contributed by atoms with Crippen molar-refractivity contribution in [2.24, 2.45) is 7.05 Å². The lowest BCUT2D eigenvalue weighted by Gasteiger charge is -2.35. The summed E-state index contributed by atoms with van der Waals surface area (Å²) < 4.78 is 26.1. The number of halogens is 2. The molecule has 29 heavy (non-hydrogen) atoms. The Hall–Kier alpha value is -2.84. The smallest absolute Gasteiger partial charge is 0.290 e. The minimum Gasteiger partial charge on any atom is -0.486 e. The molecule has 1 aliphatic heterocycles. The van der Waals surface area contributed by atoms with E-state index in [0.29, 0.717) is 31.1 Å². The molecule has 0 saturated carbocycles. The topological polar surface area (TPSA) is 72.5 Å².